The molecule has 118 valence electrons. The zero-order valence-electron chi connectivity index (χ0n) is 12.8. The van der Waals surface area contributed by atoms with E-state index in [1.54, 1.807) is 4.31 Å². The van der Waals surface area contributed by atoms with E-state index < -0.39 is 10.0 Å². The molecule has 0 radical (unpaired) electrons. The van der Waals surface area contributed by atoms with Crippen molar-refractivity contribution in [3.05, 3.63) is 0 Å². The van der Waals surface area contributed by atoms with Crippen molar-refractivity contribution in [3.63, 3.8) is 0 Å². The quantitative estimate of drug-likeness (QED) is 0.814. The van der Waals surface area contributed by atoms with Crippen molar-refractivity contribution in [2.24, 2.45) is 5.92 Å². The maximum atomic E-state index is 12.5. The molecule has 2 saturated heterocycles. The number of rotatable bonds is 5. The van der Waals surface area contributed by atoms with Gasteiger partial charge in [-0.25, -0.2) is 8.42 Å². The van der Waals surface area contributed by atoms with Gasteiger partial charge in [0, 0.05) is 38.8 Å². The Morgan fingerprint density at radius 3 is 2.40 bits per heavy atom. The van der Waals surface area contributed by atoms with Crippen LogP contribution >= 0.6 is 0 Å². The Morgan fingerprint density at radius 1 is 1.15 bits per heavy atom. The lowest BCUT2D eigenvalue weighted by Crippen LogP contribution is -2.52. The number of nitrogens with one attached hydrogen (secondary N) is 1. The molecule has 5 nitrogen and oxygen atoms in total. The van der Waals surface area contributed by atoms with E-state index in [9.17, 15) is 8.42 Å². The lowest BCUT2D eigenvalue weighted by molar-refractivity contribution is 0.172. The fourth-order valence-corrected chi connectivity index (χ4v) is 4.86. The van der Waals surface area contributed by atoms with Gasteiger partial charge in [0.05, 0.1) is 5.75 Å². The molecule has 2 heterocycles. The number of hydrogen-bond donors (Lipinski definition) is 1. The summed E-state index contributed by atoms with van der Waals surface area (Å²) >= 11 is 0. The van der Waals surface area contributed by atoms with Crippen LogP contribution in [0.25, 0.3) is 0 Å². The van der Waals surface area contributed by atoms with E-state index in [1.165, 1.54) is 6.42 Å². The van der Waals surface area contributed by atoms with Crippen LogP contribution < -0.4 is 5.32 Å². The molecule has 2 aliphatic rings. The van der Waals surface area contributed by atoms with E-state index in [1.807, 2.05) is 0 Å². The van der Waals surface area contributed by atoms with Gasteiger partial charge in [-0.2, -0.15) is 4.31 Å². The molecule has 0 aromatic carbocycles. The summed E-state index contributed by atoms with van der Waals surface area (Å²) in [7, 11) is -3.09. The fourth-order valence-electron chi connectivity index (χ4n) is 3.13. The predicted octanol–water partition coefficient (Wildman–Crippen LogP) is 0.732. The van der Waals surface area contributed by atoms with Crippen LogP contribution in [-0.4, -0.2) is 68.7 Å². The molecule has 2 rings (SSSR count). The van der Waals surface area contributed by atoms with Crippen LogP contribution in [0.4, 0.5) is 0 Å². The van der Waals surface area contributed by atoms with Crippen molar-refractivity contribution < 1.29 is 8.42 Å². The smallest absolute Gasteiger partial charge is 0.215 e. The van der Waals surface area contributed by atoms with Gasteiger partial charge in [0.25, 0.3) is 0 Å². The minimum atomic E-state index is -3.09. The van der Waals surface area contributed by atoms with Gasteiger partial charge in [-0.15, -0.1) is 0 Å². The third-order valence-corrected chi connectivity index (χ3v) is 6.15. The van der Waals surface area contributed by atoms with Crippen LogP contribution in [0.15, 0.2) is 0 Å². The van der Waals surface area contributed by atoms with Gasteiger partial charge < -0.3 is 10.2 Å². The minimum absolute atomic E-state index is 0.155. The van der Waals surface area contributed by atoms with Gasteiger partial charge in [0.1, 0.15) is 0 Å². The summed E-state index contributed by atoms with van der Waals surface area (Å²) in [6.07, 6.45) is 3.31. The van der Waals surface area contributed by atoms with E-state index in [0.717, 1.165) is 39.0 Å². The van der Waals surface area contributed by atoms with E-state index >= 15 is 0 Å². The summed E-state index contributed by atoms with van der Waals surface area (Å²) < 4.78 is 26.6. The van der Waals surface area contributed by atoms with E-state index in [-0.39, 0.29) is 11.8 Å². The number of piperidine rings is 1. The zero-order valence-corrected chi connectivity index (χ0v) is 13.7. The lowest BCUT2D eigenvalue weighted by Gasteiger charge is -2.35. The second kappa shape index (κ2) is 7.20. The number of nitrogens with zero attached hydrogens (tertiary/aromatic N) is 2. The molecule has 0 saturated carbocycles. The number of sulfonamides is 1. The predicted molar refractivity (Wildman–Crippen MR) is 82.3 cm³/mol. The summed E-state index contributed by atoms with van der Waals surface area (Å²) in [5, 5.41) is 3.33. The lowest BCUT2D eigenvalue weighted by atomic mass is 10.1. The Morgan fingerprint density at radius 2 is 1.85 bits per heavy atom. The average Bonchev–Trinajstić information content (AvgIpc) is 2.39. The molecule has 6 heteroatoms. The topological polar surface area (TPSA) is 52.7 Å². The highest BCUT2D eigenvalue weighted by atomic mass is 32.2. The van der Waals surface area contributed by atoms with Crippen LogP contribution in [0.1, 0.15) is 33.1 Å². The van der Waals surface area contributed by atoms with Crippen LogP contribution in [-0.2, 0) is 10.0 Å². The Bertz CT molecular complexity index is 383. The highest BCUT2D eigenvalue weighted by molar-refractivity contribution is 7.89. The second-order valence-electron chi connectivity index (χ2n) is 6.52. The molecule has 0 aromatic heterocycles. The second-order valence-corrected chi connectivity index (χ2v) is 8.53. The van der Waals surface area contributed by atoms with Crippen LogP contribution in [0.2, 0.25) is 0 Å². The Kier molecular flexibility index (Phi) is 5.84. The molecule has 0 bridgehead atoms. The molecule has 20 heavy (non-hydrogen) atoms. The molecule has 1 atom stereocenters. The SMILES string of the molecule is CC(C)CN1CCN(S(=O)(=O)CC2CCCCN2)CC1. The Hall–Kier alpha value is -0.170. The maximum absolute atomic E-state index is 12.5. The highest BCUT2D eigenvalue weighted by Gasteiger charge is 2.29. The van der Waals surface area contributed by atoms with Gasteiger partial charge in [0.15, 0.2) is 0 Å². The number of hydrogen-bond acceptors (Lipinski definition) is 4. The first-order valence-electron chi connectivity index (χ1n) is 7.91. The Balaban J connectivity index is 1.82. The monoisotopic (exact) mass is 303 g/mol. The van der Waals surface area contributed by atoms with Crippen molar-refractivity contribution in [3.8, 4) is 0 Å². The van der Waals surface area contributed by atoms with Crippen molar-refractivity contribution >= 4 is 10.0 Å². The first-order chi connectivity index (χ1) is 9.47. The maximum Gasteiger partial charge on any atom is 0.215 e. The van der Waals surface area contributed by atoms with E-state index in [4.69, 9.17) is 0 Å². The van der Waals surface area contributed by atoms with Gasteiger partial charge in [-0.05, 0) is 25.3 Å². The largest absolute Gasteiger partial charge is 0.313 e. The molecule has 2 aliphatic heterocycles. The standard InChI is InChI=1S/C14H29N3O2S/c1-13(2)11-16-7-9-17(10-8-16)20(18,19)12-14-5-3-4-6-15-14/h13-15H,3-12H2,1-2H3. The fraction of sp³-hybridized carbons (Fsp3) is 1.00. The minimum Gasteiger partial charge on any atom is -0.313 e. The molecular weight excluding hydrogens is 274 g/mol. The van der Waals surface area contributed by atoms with Crippen LogP contribution in [0.5, 0.6) is 0 Å². The summed E-state index contributed by atoms with van der Waals surface area (Å²) in [6.45, 7) is 9.49. The first kappa shape index (κ1) is 16.2. The van der Waals surface area contributed by atoms with Gasteiger partial charge in [0.2, 0.25) is 10.0 Å². The molecule has 0 amide bonds. The molecular formula is C14H29N3O2S. The average molecular weight is 303 g/mol. The third kappa shape index (κ3) is 4.69. The third-order valence-electron chi connectivity index (χ3n) is 4.17. The Labute approximate surface area is 123 Å². The number of piperazine rings is 1. The van der Waals surface area contributed by atoms with E-state index in [0.29, 0.717) is 19.0 Å². The van der Waals surface area contributed by atoms with Gasteiger partial charge in [-0.1, -0.05) is 20.3 Å². The van der Waals surface area contributed by atoms with Crippen LogP contribution in [0, 0.1) is 5.92 Å². The zero-order chi connectivity index (χ0) is 14.6. The van der Waals surface area contributed by atoms with Crippen molar-refractivity contribution in [1.29, 1.82) is 0 Å². The highest BCUT2D eigenvalue weighted by Crippen LogP contribution is 2.14. The summed E-state index contributed by atoms with van der Waals surface area (Å²) in [4.78, 5) is 2.37. The molecule has 2 fully saturated rings. The molecule has 1 unspecified atom stereocenters. The van der Waals surface area contributed by atoms with E-state index in [2.05, 4.69) is 24.1 Å². The summed E-state index contributed by atoms with van der Waals surface area (Å²) in [5.41, 5.74) is 0. The molecule has 0 aromatic rings. The first-order valence-corrected chi connectivity index (χ1v) is 9.52. The van der Waals surface area contributed by atoms with Gasteiger partial charge >= 0.3 is 0 Å². The van der Waals surface area contributed by atoms with Crippen molar-refractivity contribution in [1.82, 2.24) is 14.5 Å². The summed E-state index contributed by atoms with van der Waals surface area (Å²) in [5.74, 6) is 0.918. The molecule has 0 spiro atoms. The van der Waals surface area contributed by atoms with Crippen molar-refractivity contribution in [2.45, 2.75) is 39.2 Å². The normalized spacial score (nSPS) is 27.1. The van der Waals surface area contributed by atoms with Crippen LogP contribution in [0.3, 0.4) is 0 Å². The molecule has 1 N–H and O–H groups in total. The summed E-state index contributed by atoms with van der Waals surface area (Å²) in [6, 6.07) is 0.155. The van der Waals surface area contributed by atoms with Gasteiger partial charge in [-0.3, -0.25) is 0 Å². The molecule has 0 aliphatic carbocycles. The van der Waals surface area contributed by atoms with Crippen molar-refractivity contribution in [2.75, 3.05) is 45.0 Å².